The van der Waals surface area contributed by atoms with Gasteiger partial charge in [0.2, 0.25) is 0 Å². The number of nitrogens with zero attached hydrogens (tertiary/aromatic N) is 3. The lowest BCUT2D eigenvalue weighted by molar-refractivity contribution is -0.121. The highest BCUT2D eigenvalue weighted by molar-refractivity contribution is 5.98. The van der Waals surface area contributed by atoms with Crippen molar-refractivity contribution >= 4 is 23.3 Å². The summed E-state index contributed by atoms with van der Waals surface area (Å²) >= 11 is 0. The molecule has 1 aliphatic heterocycles. The van der Waals surface area contributed by atoms with E-state index in [0.717, 1.165) is 5.69 Å². The van der Waals surface area contributed by atoms with Gasteiger partial charge in [0, 0.05) is 49.4 Å². The molecule has 26 heavy (non-hydrogen) atoms. The molecule has 2 N–H and O–H groups in total. The van der Waals surface area contributed by atoms with Gasteiger partial charge < -0.3 is 20.3 Å². The fourth-order valence-corrected chi connectivity index (χ4v) is 2.82. The van der Waals surface area contributed by atoms with Crippen molar-refractivity contribution in [2.24, 2.45) is 0 Å². The number of fused-ring (bicyclic) bond motifs is 1. The molecule has 1 atom stereocenters. The van der Waals surface area contributed by atoms with Gasteiger partial charge in [0.1, 0.15) is 5.75 Å². The summed E-state index contributed by atoms with van der Waals surface area (Å²) in [6.07, 6.45) is 5.50. The van der Waals surface area contributed by atoms with Crippen LogP contribution >= 0.6 is 0 Å². The number of aromatic nitrogens is 2. The third-order valence-electron chi connectivity index (χ3n) is 3.99. The summed E-state index contributed by atoms with van der Waals surface area (Å²) in [5.74, 6) is 0.508. The van der Waals surface area contributed by atoms with Gasteiger partial charge >= 0.3 is 6.03 Å². The molecular formula is C18H21N5O3. The molecule has 0 saturated heterocycles. The topological polar surface area (TPSA) is 96.5 Å². The van der Waals surface area contributed by atoms with Gasteiger partial charge in [0.05, 0.1) is 11.4 Å². The van der Waals surface area contributed by atoms with Crippen molar-refractivity contribution < 1.29 is 14.3 Å². The number of carbonyl (C=O) groups is 2. The molecule has 136 valence electrons. The molecule has 8 heteroatoms. The number of amides is 3. The van der Waals surface area contributed by atoms with Crippen LogP contribution in [-0.2, 0) is 11.2 Å². The Morgan fingerprint density at radius 3 is 2.96 bits per heavy atom. The van der Waals surface area contributed by atoms with Crippen molar-refractivity contribution in [1.29, 1.82) is 0 Å². The van der Waals surface area contributed by atoms with Crippen LogP contribution in [0.4, 0.5) is 16.2 Å². The number of nitrogens with one attached hydrogen (secondary N) is 2. The van der Waals surface area contributed by atoms with Gasteiger partial charge in [-0.3, -0.25) is 14.8 Å². The number of hydrogen-bond donors (Lipinski definition) is 2. The maximum atomic E-state index is 12.2. The van der Waals surface area contributed by atoms with E-state index in [0.29, 0.717) is 30.1 Å². The Hall–Kier alpha value is -3.16. The Labute approximate surface area is 151 Å². The van der Waals surface area contributed by atoms with Crippen molar-refractivity contribution in [3.8, 4) is 5.75 Å². The first kappa shape index (κ1) is 17.7. The summed E-state index contributed by atoms with van der Waals surface area (Å²) in [5.41, 5.74) is 2.12. The Bertz CT molecular complexity index is 797. The van der Waals surface area contributed by atoms with Crippen LogP contribution in [0.2, 0.25) is 0 Å². The molecule has 1 aromatic heterocycles. The second-order valence-electron chi connectivity index (χ2n) is 6.01. The van der Waals surface area contributed by atoms with Crippen molar-refractivity contribution in [3.05, 3.63) is 42.5 Å². The molecule has 0 radical (unpaired) electrons. The normalized spacial score (nSPS) is 14.2. The van der Waals surface area contributed by atoms with Crippen molar-refractivity contribution in [3.63, 3.8) is 0 Å². The van der Waals surface area contributed by atoms with E-state index in [1.165, 1.54) is 0 Å². The van der Waals surface area contributed by atoms with E-state index >= 15 is 0 Å². The van der Waals surface area contributed by atoms with Crippen LogP contribution in [0.5, 0.6) is 5.75 Å². The Balaban J connectivity index is 1.60. The zero-order chi connectivity index (χ0) is 18.5. The summed E-state index contributed by atoms with van der Waals surface area (Å²) in [4.78, 5) is 33.9. The molecule has 3 amide bonds. The zero-order valence-corrected chi connectivity index (χ0v) is 14.7. The van der Waals surface area contributed by atoms with E-state index in [2.05, 4.69) is 20.6 Å². The predicted octanol–water partition coefficient (Wildman–Crippen LogP) is 1.97. The maximum absolute atomic E-state index is 12.2. The van der Waals surface area contributed by atoms with Crippen molar-refractivity contribution in [2.45, 2.75) is 26.3 Å². The number of carbonyl (C=O) groups excluding carboxylic acids is 2. The first-order valence-electron chi connectivity index (χ1n) is 8.46. The summed E-state index contributed by atoms with van der Waals surface area (Å²) in [7, 11) is 0. The average Bonchev–Trinajstić information content (AvgIpc) is 2.62. The average molecular weight is 355 g/mol. The van der Waals surface area contributed by atoms with E-state index in [1.807, 2.05) is 13.8 Å². The van der Waals surface area contributed by atoms with E-state index in [9.17, 15) is 9.59 Å². The highest BCUT2D eigenvalue weighted by atomic mass is 16.5. The summed E-state index contributed by atoms with van der Waals surface area (Å²) in [6.45, 7) is 4.38. The fraction of sp³-hybridized carbons (Fsp3) is 0.333. The van der Waals surface area contributed by atoms with Crippen LogP contribution < -0.4 is 20.3 Å². The molecule has 0 saturated carbocycles. The van der Waals surface area contributed by atoms with Gasteiger partial charge in [-0.05, 0) is 26.0 Å². The van der Waals surface area contributed by atoms with Crippen LogP contribution in [-0.4, -0.2) is 41.1 Å². The molecular weight excluding hydrogens is 334 g/mol. The lowest BCUT2D eigenvalue weighted by Gasteiger charge is -2.28. The minimum atomic E-state index is -0.319. The van der Waals surface area contributed by atoms with Gasteiger partial charge in [-0.15, -0.1) is 0 Å². The molecule has 0 unspecified atom stereocenters. The molecule has 1 aliphatic rings. The van der Waals surface area contributed by atoms with Gasteiger partial charge in [-0.2, -0.15) is 0 Å². The third kappa shape index (κ3) is 4.08. The second kappa shape index (κ2) is 7.81. The SMILES string of the molecule is CCN1C(=O)COc2cc(NC(=O)N[C@@H](C)Cc3cnccn3)ccc21. The van der Waals surface area contributed by atoms with E-state index in [-0.39, 0.29) is 24.6 Å². The molecule has 0 fully saturated rings. The van der Waals surface area contributed by atoms with Crippen LogP contribution in [0.15, 0.2) is 36.8 Å². The number of rotatable bonds is 5. The van der Waals surface area contributed by atoms with Gasteiger partial charge in [-0.25, -0.2) is 4.79 Å². The Morgan fingerprint density at radius 1 is 1.38 bits per heavy atom. The summed E-state index contributed by atoms with van der Waals surface area (Å²) < 4.78 is 5.47. The highest BCUT2D eigenvalue weighted by Gasteiger charge is 2.24. The predicted molar refractivity (Wildman–Crippen MR) is 97.3 cm³/mol. The van der Waals surface area contributed by atoms with Crippen LogP contribution in [0.3, 0.4) is 0 Å². The molecule has 3 rings (SSSR count). The van der Waals surface area contributed by atoms with Crippen LogP contribution in [0, 0.1) is 0 Å². The Morgan fingerprint density at radius 2 is 2.23 bits per heavy atom. The van der Waals surface area contributed by atoms with Crippen molar-refractivity contribution in [2.75, 3.05) is 23.4 Å². The lowest BCUT2D eigenvalue weighted by atomic mass is 10.2. The Kier molecular flexibility index (Phi) is 5.31. The number of ether oxygens (including phenoxy) is 1. The smallest absolute Gasteiger partial charge is 0.319 e. The van der Waals surface area contributed by atoms with E-state index in [1.54, 1.807) is 41.7 Å². The highest BCUT2D eigenvalue weighted by Crippen LogP contribution is 2.34. The minimum absolute atomic E-state index is 0.00559. The summed E-state index contributed by atoms with van der Waals surface area (Å²) in [6, 6.07) is 4.82. The molecule has 0 bridgehead atoms. The summed E-state index contributed by atoms with van der Waals surface area (Å²) in [5, 5.41) is 5.64. The van der Waals surface area contributed by atoms with E-state index in [4.69, 9.17) is 4.74 Å². The first-order chi connectivity index (χ1) is 12.6. The number of anilines is 2. The quantitative estimate of drug-likeness (QED) is 0.855. The van der Waals surface area contributed by atoms with Gasteiger partial charge in [0.25, 0.3) is 5.91 Å². The number of urea groups is 1. The van der Waals surface area contributed by atoms with Crippen LogP contribution in [0.25, 0.3) is 0 Å². The zero-order valence-electron chi connectivity index (χ0n) is 14.7. The second-order valence-corrected chi connectivity index (χ2v) is 6.01. The van der Waals surface area contributed by atoms with E-state index < -0.39 is 0 Å². The maximum Gasteiger partial charge on any atom is 0.319 e. The third-order valence-corrected chi connectivity index (χ3v) is 3.99. The van der Waals surface area contributed by atoms with Crippen LogP contribution in [0.1, 0.15) is 19.5 Å². The number of likely N-dealkylation sites (N-methyl/N-ethyl adjacent to an activating group) is 1. The monoisotopic (exact) mass is 355 g/mol. The molecule has 1 aromatic carbocycles. The molecule has 2 heterocycles. The number of hydrogen-bond acceptors (Lipinski definition) is 5. The molecule has 0 spiro atoms. The molecule has 8 nitrogen and oxygen atoms in total. The minimum Gasteiger partial charge on any atom is -0.481 e. The number of benzene rings is 1. The molecule has 2 aromatic rings. The lowest BCUT2D eigenvalue weighted by Crippen LogP contribution is -2.39. The molecule has 0 aliphatic carbocycles. The van der Waals surface area contributed by atoms with Crippen molar-refractivity contribution in [1.82, 2.24) is 15.3 Å². The largest absolute Gasteiger partial charge is 0.481 e. The van der Waals surface area contributed by atoms with Gasteiger partial charge in [-0.1, -0.05) is 0 Å². The first-order valence-corrected chi connectivity index (χ1v) is 8.46. The van der Waals surface area contributed by atoms with Gasteiger partial charge in [0.15, 0.2) is 6.61 Å². The fourth-order valence-electron chi connectivity index (χ4n) is 2.82. The standard InChI is InChI=1S/C18H21N5O3/c1-3-23-15-5-4-13(9-16(15)26-11-17(23)24)22-18(25)21-12(2)8-14-10-19-6-7-20-14/h4-7,9-10,12H,3,8,11H2,1-2H3,(H2,21,22,25)/t12-/m0/s1.